The summed E-state index contributed by atoms with van der Waals surface area (Å²) >= 11 is 0. The minimum Gasteiger partial charge on any atom is -0.504 e. The lowest BCUT2D eigenvalue weighted by Gasteiger charge is -2.31. The van der Waals surface area contributed by atoms with Gasteiger partial charge >= 0.3 is 5.97 Å². The number of phenolic OH excluding ortho intramolecular Hbond substituents is 1. The van der Waals surface area contributed by atoms with E-state index < -0.39 is 12.2 Å². The SMILES string of the molecule is COc1cc2cc(c1O)CN1CC(CC3=CCNC(N)=C3)(CCNC(N)=NCSSCCCCCCC(O)CC(OC(C)=O)CC2)CC1=O. The van der Waals surface area contributed by atoms with Gasteiger partial charge in [-0.3, -0.25) is 9.59 Å². The monoisotopic (exact) mass is 718 g/mol. The number of dihydropyridines is 1. The highest BCUT2D eigenvalue weighted by atomic mass is 33.1. The van der Waals surface area contributed by atoms with E-state index in [0.717, 1.165) is 42.6 Å². The Morgan fingerprint density at radius 2 is 1.98 bits per heavy atom. The third-order valence-electron chi connectivity index (χ3n) is 9.26. The van der Waals surface area contributed by atoms with Crippen LogP contribution in [0.4, 0.5) is 0 Å². The number of guanidine groups is 1. The summed E-state index contributed by atoms with van der Waals surface area (Å²) in [6, 6.07) is 3.67. The van der Waals surface area contributed by atoms with Crippen molar-refractivity contribution in [2.24, 2.45) is 21.9 Å². The molecule has 14 heteroatoms. The van der Waals surface area contributed by atoms with Crippen LogP contribution in [-0.2, 0) is 27.3 Å². The van der Waals surface area contributed by atoms with Gasteiger partial charge in [-0.05, 0) is 61.8 Å². The number of aliphatic hydroxyl groups is 1. The number of fused-ring (bicyclic) bond motifs is 4. The van der Waals surface area contributed by atoms with Crippen molar-refractivity contribution in [1.29, 1.82) is 0 Å². The van der Waals surface area contributed by atoms with E-state index in [0.29, 0.717) is 93.6 Å². The number of aliphatic hydroxyl groups excluding tert-OH is 1. The fourth-order valence-electron chi connectivity index (χ4n) is 6.83. The van der Waals surface area contributed by atoms with E-state index in [-0.39, 0.29) is 29.6 Å². The summed E-state index contributed by atoms with van der Waals surface area (Å²) in [5, 5.41) is 28.3. The summed E-state index contributed by atoms with van der Waals surface area (Å²) < 4.78 is 11.1. The summed E-state index contributed by atoms with van der Waals surface area (Å²) in [6.07, 6.45) is 10.9. The Morgan fingerprint density at radius 3 is 2.76 bits per heavy atom. The lowest BCUT2D eigenvalue weighted by molar-refractivity contribution is -0.148. The number of rotatable bonds is 4. The van der Waals surface area contributed by atoms with Gasteiger partial charge in [0.05, 0.1) is 24.9 Å². The highest BCUT2D eigenvalue weighted by molar-refractivity contribution is 8.76. The topological polar surface area (TPSA) is 185 Å². The average molecular weight is 719 g/mol. The van der Waals surface area contributed by atoms with Gasteiger partial charge in [-0.25, -0.2) is 4.99 Å². The summed E-state index contributed by atoms with van der Waals surface area (Å²) in [5.41, 5.74) is 14.5. The van der Waals surface area contributed by atoms with Crippen LogP contribution in [-0.4, -0.2) is 83.5 Å². The molecule has 1 aromatic carbocycles. The van der Waals surface area contributed by atoms with Crippen molar-refractivity contribution in [2.45, 2.75) is 96.3 Å². The normalized spacial score (nSPS) is 25.6. The van der Waals surface area contributed by atoms with Crippen molar-refractivity contribution in [1.82, 2.24) is 15.5 Å². The van der Waals surface area contributed by atoms with E-state index >= 15 is 0 Å². The van der Waals surface area contributed by atoms with Crippen molar-refractivity contribution in [3.05, 3.63) is 46.8 Å². The number of carbonyl (C=O) groups is 2. The molecule has 0 saturated carbocycles. The number of nitrogens with one attached hydrogen (secondary N) is 2. The van der Waals surface area contributed by atoms with Gasteiger partial charge < -0.3 is 46.7 Å². The molecule has 3 aliphatic heterocycles. The molecule has 1 saturated heterocycles. The summed E-state index contributed by atoms with van der Waals surface area (Å²) in [4.78, 5) is 31.9. The molecule has 12 nitrogen and oxygen atoms in total. The molecule has 1 amide bonds. The maximum absolute atomic E-state index is 13.6. The molecule has 3 atom stereocenters. The number of aryl methyl sites for hydroxylation is 1. The first-order valence-corrected chi connectivity index (χ1v) is 19.7. The fraction of sp³-hybridized carbons (Fsp3) is 0.629. The molecular weight excluding hydrogens is 665 g/mol. The lowest BCUT2D eigenvalue weighted by Crippen LogP contribution is -2.37. The van der Waals surface area contributed by atoms with Gasteiger partial charge in [0.25, 0.3) is 0 Å². The second-order valence-electron chi connectivity index (χ2n) is 13.3. The molecular formula is C35H54N6O6S2. The Labute approximate surface area is 298 Å². The summed E-state index contributed by atoms with van der Waals surface area (Å²) in [5.74, 6) is 2.50. The van der Waals surface area contributed by atoms with E-state index in [1.54, 1.807) is 32.6 Å². The molecule has 0 aromatic heterocycles. The predicted octanol–water partition coefficient (Wildman–Crippen LogP) is 4.05. The van der Waals surface area contributed by atoms with Crippen molar-refractivity contribution in [3.63, 3.8) is 0 Å². The van der Waals surface area contributed by atoms with E-state index in [2.05, 4.69) is 21.7 Å². The predicted molar refractivity (Wildman–Crippen MR) is 197 cm³/mol. The van der Waals surface area contributed by atoms with Crippen LogP contribution in [0.15, 0.2) is 40.7 Å². The molecule has 3 unspecified atom stereocenters. The van der Waals surface area contributed by atoms with Crippen molar-refractivity contribution < 1.29 is 29.3 Å². The maximum Gasteiger partial charge on any atom is 0.302 e. The van der Waals surface area contributed by atoms with Gasteiger partial charge in [0.15, 0.2) is 17.5 Å². The number of amides is 1. The Balaban J connectivity index is 1.57. The third-order valence-corrected chi connectivity index (χ3v) is 11.4. The van der Waals surface area contributed by atoms with E-state index in [1.165, 1.54) is 14.0 Å². The molecule has 4 bridgehead atoms. The van der Waals surface area contributed by atoms with E-state index in [4.69, 9.17) is 20.9 Å². The van der Waals surface area contributed by atoms with Crippen LogP contribution >= 0.6 is 21.6 Å². The molecule has 8 N–H and O–H groups in total. The largest absolute Gasteiger partial charge is 0.504 e. The molecule has 0 radical (unpaired) electrons. The quantitative estimate of drug-likeness (QED) is 0.194. The zero-order chi connectivity index (χ0) is 35.2. The average Bonchev–Trinajstić information content (AvgIpc) is 3.34. The number of aromatic hydroxyl groups is 1. The molecule has 1 fully saturated rings. The first-order chi connectivity index (χ1) is 23.6. The second kappa shape index (κ2) is 19.2. The van der Waals surface area contributed by atoms with Crippen LogP contribution in [0.2, 0.25) is 0 Å². The van der Waals surface area contributed by atoms with Gasteiger partial charge in [0.1, 0.15) is 6.10 Å². The Bertz CT molecular complexity index is 1370. The van der Waals surface area contributed by atoms with Gasteiger partial charge in [-0.2, -0.15) is 0 Å². The minimum atomic E-state index is -0.566. The van der Waals surface area contributed by atoms with Crippen molar-refractivity contribution in [2.75, 3.05) is 38.4 Å². The number of hydrogen-bond acceptors (Lipinski definition) is 13. The van der Waals surface area contributed by atoms with Crippen molar-refractivity contribution in [3.8, 4) is 11.5 Å². The molecule has 0 spiro atoms. The van der Waals surface area contributed by atoms with Crippen LogP contribution in [0.25, 0.3) is 0 Å². The van der Waals surface area contributed by atoms with Crippen LogP contribution in [0.5, 0.6) is 11.5 Å². The Hall–Kier alpha value is -3.23. The Kier molecular flexibility index (Phi) is 15.1. The van der Waals surface area contributed by atoms with Crippen LogP contribution in [0, 0.1) is 5.41 Å². The van der Waals surface area contributed by atoms with Gasteiger partial charge in [0, 0.05) is 62.7 Å². The van der Waals surface area contributed by atoms with Crippen LogP contribution in [0.1, 0.15) is 82.3 Å². The van der Waals surface area contributed by atoms with Gasteiger partial charge in [0.2, 0.25) is 5.91 Å². The number of aliphatic imine (C=N–C) groups is 1. The molecule has 1 aromatic rings. The molecule has 3 aliphatic rings. The fourth-order valence-corrected chi connectivity index (χ4v) is 8.62. The van der Waals surface area contributed by atoms with Crippen molar-refractivity contribution >= 4 is 39.4 Å². The summed E-state index contributed by atoms with van der Waals surface area (Å²) in [7, 11) is 4.95. The van der Waals surface area contributed by atoms with Crippen LogP contribution in [0.3, 0.4) is 0 Å². The number of nitrogens with zero attached hydrogens (tertiary/aromatic N) is 2. The maximum atomic E-state index is 13.6. The first kappa shape index (κ1) is 38.6. The molecule has 272 valence electrons. The smallest absolute Gasteiger partial charge is 0.302 e. The number of hydrogen-bond donors (Lipinski definition) is 6. The van der Waals surface area contributed by atoms with Crippen LogP contribution < -0.4 is 26.8 Å². The number of methoxy groups -OCH3 is 1. The lowest BCUT2D eigenvalue weighted by atomic mass is 9.77. The second-order valence-corrected chi connectivity index (χ2v) is 15.9. The van der Waals surface area contributed by atoms with Gasteiger partial charge in [-0.1, -0.05) is 53.0 Å². The van der Waals surface area contributed by atoms with Gasteiger partial charge in [-0.15, -0.1) is 0 Å². The molecule has 3 heterocycles. The number of nitrogens with two attached hydrogens (primary N) is 2. The Morgan fingerprint density at radius 1 is 1.16 bits per heavy atom. The standard InChI is InChI=1S/C35H54N6O6S2/c1-24(42)47-29-9-8-25-15-27(33(45)30(16-25)46-2)21-41-22-35(20-32(41)44,19-26-10-12-38-31(36)17-26)11-13-39-34(37)40-23-49-48-14-6-4-3-5-7-28(43)18-29/h10,15-17,28-29,38,43,45H,3-9,11-14,18-23,36H2,1-2H3,(H3,37,39,40). The zero-order valence-electron chi connectivity index (χ0n) is 28.9. The number of esters is 1. The number of carbonyl (C=O) groups excluding carboxylic acids is 2. The molecule has 4 rings (SSSR count). The molecule has 0 aliphatic carbocycles. The highest BCUT2D eigenvalue weighted by Gasteiger charge is 2.43. The molecule has 49 heavy (non-hydrogen) atoms. The number of benzene rings is 1. The number of allylic oxidation sites excluding steroid dienone is 2. The van der Waals surface area contributed by atoms with E-state index in [9.17, 15) is 19.8 Å². The number of ether oxygens (including phenoxy) is 2. The first-order valence-electron chi connectivity index (χ1n) is 17.3. The summed E-state index contributed by atoms with van der Waals surface area (Å²) in [6.45, 7) is 3.29. The number of phenols is 1. The third kappa shape index (κ3) is 12.6. The minimum absolute atomic E-state index is 0.00452. The highest BCUT2D eigenvalue weighted by Crippen LogP contribution is 2.43. The zero-order valence-corrected chi connectivity index (χ0v) is 30.5. The van der Waals surface area contributed by atoms with E-state index in [1.807, 2.05) is 12.1 Å².